The van der Waals surface area contributed by atoms with Gasteiger partial charge >= 0.3 is 6.09 Å². The van der Waals surface area contributed by atoms with E-state index in [0.29, 0.717) is 50.4 Å². The van der Waals surface area contributed by atoms with Crippen molar-refractivity contribution >= 4 is 37.2 Å². The molecule has 0 saturated carbocycles. The fraction of sp³-hybridized carbons (Fsp3) is 0.621. The van der Waals surface area contributed by atoms with E-state index in [-0.39, 0.29) is 12.0 Å². The van der Waals surface area contributed by atoms with Gasteiger partial charge in [-0.1, -0.05) is 37.8 Å². The second-order valence-corrected chi connectivity index (χ2v) is 19.1. The molecule has 0 aliphatic carbocycles. The Morgan fingerprint density at radius 1 is 1.25 bits per heavy atom. The number of carbonyl (C=O) groups excluding carboxylic acids is 1. The van der Waals surface area contributed by atoms with Crippen molar-refractivity contribution in [2.45, 2.75) is 79.6 Å². The van der Waals surface area contributed by atoms with E-state index >= 15 is 0 Å². The van der Waals surface area contributed by atoms with Crippen LogP contribution in [-0.2, 0) is 16.2 Å². The van der Waals surface area contributed by atoms with Crippen LogP contribution in [0.5, 0.6) is 0 Å². The molecule has 3 heterocycles. The molecule has 2 aliphatic heterocycles. The van der Waals surface area contributed by atoms with E-state index in [4.69, 9.17) is 31.6 Å². The topological polar surface area (TPSA) is 95.7 Å². The third-order valence-electron chi connectivity index (χ3n) is 7.09. The van der Waals surface area contributed by atoms with Crippen molar-refractivity contribution in [1.29, 1.82) is 5.41 Å². The molecule has 0 spiro atoms. The van der Waals surface area contributed by atoms with Crippen LogP contribution < -0.4 is 5.32 Å². The van der Waals surface area contributed by atoms with Crippen molar-refractivity contribution in [3.63, 3.8) is 0 Å². The van der Waals surface area contributed by atoms with Gasteiger partial charge in [0.1, 0.15) is 18.2 Å². The van der Waals surface area contributed by atoms with Crippen LogP contribution in [0.4, 0.5) is 4.79 Å². The fourth-order valence-electron chi connectivity index (χ4n) is 4.63. The van der Waals surface area contributed by atoms with Gasteiger partial charge in [0.15, 0.2) is 0 Å². The third-order valence-corrected chi connectivity index (χ3v) is 9.00. The van der Waals surface area contributed by atoms with Gasteiger partial charge in [0.2, 0.25) is 0 Å². The first-order chi connectivity index (χ1) is 18.5. The van der Waals surface area contributed by atoms with E-state index in [2.05, 4.69) is 31.5 Å². The minimum absolute atomic E-state index is 0.258. The Balaban J connectivity index is 1.80. The Morgan fingerprint density at radius 2 is 1.90 bits per heavy atom. The Bertz CT molecular complexity index is 1200. The molecule has 11 heteroatoms. The minimum atomic E-state index is -1.20. The maximum Gasteiger partial charge on any atom is 0.410 e. The number of hydrogen-bond acceptors (Lipinski definition) is 6. The summed E-state index contributed by atoms with van der Waals surface area (Å²) in [4.78, 5) is 16.1. The molecule has 2 aliphatic rings. The molecular weight excluding hydrogens is 544 g/mol. The van der Waals surface area contributed by atoms with Gasteiger partial charge in [-0.05, 0) is 59.2 Å². The summed E-state index contributed by atoms with van der Waals surface area (Å²) in [5, 5.41) is 17.1. The highest BCUT2D eigenvalue weighted by atomic mass is 35.5. The van der Waals surface area contributed by atoms with Crippen molar-refractivity contribution < 1.29 is 14.3 Å². The lowest BCUT2D eigenvalue weighted by Crippen LogP contribution is -2.56. The first kappa shape index (κ1) is 32.0. The van der Waals surface area contributed by atoms with Crippen molar-refractivity contribution in [2.24, 2.45) is 5.92 Å². The predicted molar refractivity (Wildman–Crippen MR) is 165 cm³/mol. The molecule has 2 N–H and O–H groups in total. The number of ether oxygens (including phenoxy) is 2. The third kappa shape index (κ3) is 8.23. The van der Waals surface area contributed by atoms with E-state index in [9.17, 15) is 4.79 Å². The summed E-state index contributed by atoms with van der Waals surface area (Å²) in [6, 6.07) is 1.08. The zero-order valence-electron chi connectivity index (χ0n) is 25.7. The second-order valence-electron chi connectivity index (χ2n) is 13.0. The molecule has 9 nitrogen and oxygen atoms in total. The molecule has 1 amide bonds. The largest absolute Gasteiger partial charge is 0.444 e. The van der Waals surface area contributed by atoms with Crippen LogP contribution in [0.2, 0.25) is 25.7 Å². The molecule has 3 rings (SSSR count). The molecule has 1 aromatic rings. The van der Waals surface area contributed by atoms with Gasteiger partial charge in [0.25, 0.3) is 0 Å². The molecule has 1 saturated heterocycles. The summed E-state index contributed by atoms with van der Waals surface area (Å²) in [5.41, 5.74) is 4.88. The molecule has 0 aromatic carbocycles. The SMILES string of the molecule is C=C(Cl)/C(=C\C1=C(C)N(CC2CN(C(=O)OC(C)(C)C)C2)C(=N)CN1)c1c(C)c(C)nn1COCC[Si](C)(C)C. The lowest BCUT2D eigenvalue weighted by Gasteiger charge is -2.43. The van der Waals surface area contributed by atoms with Crippen molar-refractivity contribution in [1.82, 2.24) is 24.9 Å². The summed E-state index contributed by atoms with van der Waals surface area (Å²) in [6.07, 6.45) is 1.71. The van der Waals surface area contributed by atoms with E-state index in [1.807, 2.05) is 57.2 Å². The van der Waals surface area contributed by atoms with E-state index in [0.717, 1.165) is 40.0 Å². The maximum atomic E-state index is 12.3. The van der Waals surface area contributed by atoms with Crippen molar-refractivity contribution in [3.05, 3.63) is 46.0 Å². The maximum absolute atomic E-state index is 12.3. The number of amidine groups is 1. The molecule has 40 heavy (non-hydrogen) atoms. The highest BCUT2D eigenvalue weighted by Crippen LogP contribution is 2.32. The quantitative estimate of drug-likeness (QED) is 0.199. The number of nitrogens with one attached hydrogen (secondary N) is 2. The molecule has 0 unspecified atom stereocenters. The predicted octanol–water partition coefficient (Wildman–Crippen LogP) is 5.93. The van der Waals surface area contributed by atoms with Crippen molar-refractivity contribution in [3.8, 4) is 0 Å². The summed E-state index contributed by atoms with van der Waals surface area (Å²) >= 11 is 6.60. The smallest absolute Gasteiger partial charge is 0.410 e. The molecule has 0 bridgehead atoms. The van der Waals surface area contributed by atoms with Crippen LogP contribution in [0.25, 0.3) is 5.57 Å². The Kier molecular flexibility index (Phi) is 10.0. The van der Waals surface area contributed by atoms with Crippen LogP contribution in [0.15, 0.2) is 29.1 Å². The lowest BCUT2D eigenvalue weighted by atomic mass is 9.98. The summed E-state index contributed by atoms with van der Waals surface area (Å²) in [5.74, 6) is 0.748. The van der Waals surface area contributed by atoms with Gasteiger partial charge < -0.3 is 24.6 Å². The number of allylic oxidation sites excluding steroid dienone is 4. The van der Waals surface area contributed by atoms with E-state index in [1.165, 1.54) is 0 Å². The normalized spacial score (nSPS) is 17.2. The van der Waals surface area contributed by atoms with Gasteiger partial charge in [-0.15, -0.1) is 0 Å². The Hall–Kier alpha value is -2.56. The number of likely N-dealkylation sites (tertiary alicyclic amines) is 1. The molecule has 1 fully saturated rings. The van der Waals surface area contributed by atoms with Crippen molar-refractivity contribution in [2.75, 3.05) is 32.8 Å². The minimum Gasteiger partial charge on any atom is -0.444 e. The van der Waals surface area contributed by atoms with Gasteiger partial charge in [0.05, 0.1) is 23.6 Å². The van der Waals surface area contributed by atoms with Gasteiger partial charge in [0, 0.05) is 56.5 Å². The van der Waals surface area contributed by atoms with Gasteiger partial charge in [-0.3, -0.25) is 5.41 Å². The van der Waals surface area contributed by atoms with Crippen LogP contribution in [0, 0.1) is 25.2 Å². The lowest BCUT2D eigenvalue weighted by molar-refractivity contribution is -0.00290. The Labute approximate surface area is 245 Å². The van der Waals surface area contributed by atoms with Crippen LogP contribution in [0.3, 0.4) is 0 Å². The number of amides is 1. The molecule has 1 aromatic heterocycles. The van der Waals surface area contributed by atoms with Crippen LogP contribution in [0.1, 0.15) is 44.6 Å². The second kappa shape index (κ2) is 12.5. The highest BCUT2D eigenvalue weighted by Gasteiger charge is 2.36. The van der Waals surface area contributed by atoms with Crippen LogP contribution in [-0.4, -0.2) is 78.0 Å². The van der Waals surface area contributed by atoms with Crippen LogP contribution >= 0.6 is 11.6 Å². The fourth-order valence-corrected chi connectivity index (χ4v) is 5.53. The number of halogens is 1. The standard InChI is InChI=1S/C29H47ClN6O3Si/c1-19-21(3)33-36(18-38-11-12-40(8,9)10)27(19)24(20(2)30)13-25-22(4)35(26(31)14-32-25)17-23-15-34(16-23)28(37)39-29(5,6)7/h13,23,31-32H,2,11-12,14-18H2,1,3-10H3/b24-13+,31-26?. The Morgan fingerprint density at radius 3 is 2.48 bits per heavy atom. The zero-order valence-corrected chi connectivity index (χ0v) is 27.5. The number of nitrogens with zero attached hydrogens (tertiary/aromatic N) is 4. The van der Waals surface area contributed by atoms with E-state index in [1.54, 1.807) is 4.90 Å². The average Bonchev–Trinajstić information content (AvgIpc) is 3.06. The molecular formula is C29H47ClN6O3Si. The monoisotopic (exact) mass is 590 g/mol. The average molecular weight is 591 g/mol. The summed E-state index contributed by atoms with van der Waals surface area (Å²) < 4.78 is 13.4. The number of hydrogen-bond donors (Lipinski definition) is 2. The van der Waals surface area contributed by atoms with E-state index < -0.39 is 13.7 Å². The number of aromatic nitrogens is 2. The number of rotatable bonds is 10. The molecule has 0 radical (unpaired) electrons. The van der Waals surface area contributed by atoms with Gasteiger partial charge in [-0.25, -0.2) is 9.48 Å². The highest BCUT2D eigenvalue weighted by molar-refractivity contribution is 6.76. The zero-order chi connectivity index (χ0) is 30.0. The summed E-state index contributed by atoms with van der Waals surface area (Å²) in [6.45, 7) is 26.0. The number of aryl methyl sites for hydroxylation is 1. The number of carbonyl (C=O) groups is 1. The molecule has 222 valence electrons. The van der Waals surface area contributed by atoms with Gasteiger partial charge in [-0.2, -0.15) is 5.10 Å². The first-order valence-electron chi connectivity index (χ1n) is 13.9. The first-order valence-corrected chi connectivity index (χ1v) is 18.0. The molecule has 0 atom stereocenters. The summed E-state index contributed by atoms with van der Waals surface area (Å²) in [7, 11) is -1.20.